The highest BCUT2D eigenvalue weighted by Crippen LogP contribution is 2.33. The highest BCUT2D eigenvalue weighted by Gasteiger charge is 2.24. The fraction of sp³-hybridized carbons (Fsp3) is 0.421. The summed E-state index contributed by atoms with van der Waals surface area (Å²) < 4.78 is 2.89. The molecule has 0 bridgehead atoms. The fourth-order valence-electron chi connectivity index (χ4n) is 3.36. The van der Waals surface area contributed by atoms with Crippen molar-refractivity contribution < 1.29 is 4.79 Å². The summed E-state index contributed by atoms with van der Waals surface area (Å²) in [5.74, 6) is -0.0878. The number of nitrogens with one attached hydrogen (secondary N) is 1. The third-order valence-electron chi connectivity index (χ3n) is 5.12. The third-order valence-corrected chi connectivity index (χ3v) is 6.20. The number of amides is 1. The molecule has 1 N–H and O–H groups in total. The second-order valence-electron chi connectivity index (χ2n) is 6.96. The number of aryl methyl sites for hydroxylation is 3. The van der Waals surface area contributed by atoms with Crippen LogP contribution in [0.1, 0.15) is 34.5 Å². The number of carbonyl (C=O) groups is 1. The predicted molar refractivity (Wildman–Crippen MR) is 105 cm³/mol. The van der Waals surface area contributed by atoms with Gasteiger partial charge in [0.2, 0.25) is 0 Å². The Morgan fingerprint density at radius 1 is 1.23 bits per heavy atom. The molecular formula is C19H23N5OS. The van der Waals surface area contributed by atoms with Gasteiger partial charge < -0.3 is 10.2 Å². The van der Waals surface area contributed by atoms with Crippen molar-refractivity contribution in [2.75, 3.05) is 18.0 Å². The number of thiazole rings is 1. The molecule has 7 heteroatoms. The van der Waals surface area contributed by atoms with Gasteiger partial charge >= 0.3 is 0 Å². The van der Waals surface area contributed by atoms with Crippen LogP contribution in [0, 0.1) is 13.8 Å². The lowest BCUT2D eigenvalue weighted by Crippen LogP contribution is -2.44. The van der Waals surface area contributed by atoms with Gasteiger partial charge in [-0.05, 0) is 49.9 Å². The minimum atomic E-state index is -0.0878. The molecule has 26 heavy (non-hydrogen) atoms. The minimum Gasteiger partial charge on any atom is -0.348 e. The van der Waals surface area contributed by atoms with Gasteiger partial charge in [-0.25, -0.2) is 4.98 Å². The standard InChI is InChI=1S/C19H23N5OS/c1-12-4-5-16-17(13(12)2)21-19(26-16)24-10-6-14(7-11-24)20-18(25)15-8-9-23(3)22-15/h4-5,8-9,14H,6-7,10-11H2,1-3H3,(H,20,25). The largest absolute Gasteiger partial charge is 0.348 e. The van der Waals surface area contributed by atoms with E-state index in [4.69, 9.17) is 4.98 Å². The first-order valence-electron chi connectivity index (χ1n) is 8.93. The minimum absolute atomic E-state index is 0.0878. The first-order chi connectivity index (χ1) is 12.5. The fourth-order valence-corrected chi connectivity index (χ4v) is 4.44. The average Bonchev–Trinajstić information content (AvgIpc) is 3.26. The molecule has 3 aromatic rings. The van der Waals surface area contributed by atoms with E-state index in [1.165, 1.54) is 15.8 Å². The van der Waals surface area contributed by atoms with Crippen molar-refractivity contribution in [3.05, 3.63) is 41.2 Å². The van der Waals surface area contributed by atoms with Gasteiger partial charge in [-0.15, -0.1) is 0 Å². The normalized spacial score (nSPS) is 15.6. The van der Waals surface area contributed by atoms with E-state index in [9.17, 15) is 4.79 Å². The summed E-state index contributed by atoms with van der Waals surface area (Å²) in [6, 6.07) is 6.27. The van der Waals surface area contributed by atoms with Crippen LogP contribution in [0.25, 0.3) is 10.2 Å². The summed E-state index contributed by atoms with van der Waals surface area (Å²) in [7, 11) is 1.82. The van der Waals surface area contributed by atoms with Crippen LogP contribution in [-0.4, -0.2) is 39.8 Å². The van der Waals surface area contributed by atoms with Crippen molar-refractivity contribution in [2.24, 2.45) is 7.05 Å². The second kappa shape index (κ2) is 6.72. The lowest BCUT2D eigenvalue weighted by Gasteiger charge is -2.32. The molecule has 6 nitrogen and oxygen atoms in total. The number of carbonyl (C=O) groups excluding carboxylic acids is 1. The van der Waals surface area contributed by atoms with Crippen LogP contribution in [0.5, 0.6) is 0 Å². The van der Waals surface area contributed by atoms with E-state index in [1.54, 1.807) is 28.3 Å². The number of anilines is 1. The number of nitrogens with zero attached hydrogens (tertiary/aromatic N) is 4. The zero-order valence-corrected chi connectivity index (χ0v) is 16.1. The van der Waals surface area contributed by atoms with Crippen molar-refractivity contribution in [2.45, 2.75) is 32.7 Å². The van der Waals surface area contributed by atoms with Crippen LogP contribution >= 0.6 is 11.3 Å². The summed E-state index contributed by atoms with van der Waals surface area (Å²) in [6.07, 6.45) is 3.63. The van der Waals surface area contributed by atoms with E-state index in [2.05, 4.69) is 41.3 Å². The number of hydrogen-bond donors (Lipinski definition) is 1. The molecule has 1 amide bonds. The van der Waals surface area contributed by atoms with Crippen LogP contribution in [-0.2, 0) is 7.05 Å². The van der Waals surface area contributed by atoms with Crippen LogP contribution in [0.15, 0.2) is 24.4 Å². The van der Waals surface area contributed by atoms with E-state index >= 15 is 0 Å². The molecule has 0 spiro atoms. The maximum Gasteiger partial charge on any atom is 0.271 e. The van der Waals surface area contributed by atoms with Crippen LogP contribution < -0.4 is 10.2 Å². The molecule has 1 saturated heterocycles. The van der Waals surface area contributed by atoms with Gasteiger partial charge in [0.05, 0.1) is 10.2 Å². The van der Waals surface area contributed by atoms with Crippen molar-refractivity contribution >= 4 is 32.6 Å². The summed E-state index contributed by atoms with van der Waals surface area (Å²) >= 11 is 1.76. The number of piperidine rings is 1. The van der Waals surface area contributed by atoms with Crippen LogP contribution in [0.3, 0.4) is 0 Å². The maximum absolute atomic E-state index is 12.3. The second-order valence-corrected chi connectivity index (χ2v) is 7.97. The Morgan fingerprint density at radius 2 is 2.00 bits per heavy atom. The molecule has 0 radical (unpaired) electrons. The van der Waals surface area contributed by atoms with Gasteiger partial charge in [-0.1, -0.05) is 17.4 Å². The lowest BCUT2D eigenvalue weighted by molar-refractivity contribution is 0.0925. The Morgan fingerprint density at radius 3 is 2.69 bits per heavy atom. The van der Waals surface area contributed by atoms with E-state index in [0.717, 1.165) is 36.6 Å². The molecule has 0 saturated carbocycles. The molecule has 136 valence electrons. The Labute approximate surface area is 156 Å². The summed E-state index contributed by atoms with van der Waals surface area (Å²) in [4.78, 5) is 19.5. The highest BCUT2D eigenvalue weighted by atomic mass is 32.1. The van der Waals surface area contributed by atoms with Crippen molar-refractivity contribution in [3.63, 3.8) is 0 Å². The van der Waals surface area contributed by atoms with E-state index in [-0.39, 0.29) is 11.9 Å². The molecule has 0 unspecified atom stereocenters. The number of rotatable bonds is 3. The molecule has 1 aliphatic rings. The zero-order valence-electron chi connectivity index (χ0n) is 15.3. The maximum atomic E-state index is 12.3. The Kier molecular flexibility index (Phi) is 4.40. The quantitative estimate of drug-likeness (QED) is 0.771. The summed E-state index contributed by atoms with van der Waals surface area (Å²) in [5, 5.41) is 8.36. The van der Waals surface area contributed by atoms with Gasteiger partial charge in [0.15, 0.2) is 5.13 Å². The van der Waals surface area contributed by atoms with Crippen molar-refractivity contribution in [1.29, 1.82) is 0 Å². The van der Waals surface area contributed by atoms with Gasteiger partial charge in [-0.2, -0.15) is 5.10 Å². The van der Waals surface area contributed by atoms with Gasteiger partial charge in [0.1, 0.15) is 5.69 Å². The SMILES string of the molecule is Cc1ccc2sc(N3CCC(NC(=O)c4ccn(C)n4)CC3)nc2c1C. The van der Waals surface area contributed by atoms with E-state index in [0.29, 0.717) is 5.69 Å². The Hall–Kier alpha value is -2.41. The molecule has 0 atom stereocenters. The third kappa shape index (κ3) is 3.19. The molecule has 2 aromatic heterocycles. The van der Waals surface area contributed by atoms with Crippen molar-refractivity contribution in [1.82, 2.24) is 20.1 Å². The Bertz CT molecular complexity index is 952. The van der Waals surface area contributed by atoms with Crippen LogP contribution in [0.4, 0.5) is 5.13 Å². The smallest absolute Gasteiger partial charge is 0.271 e. The molecule has 1 aliphatic heterocycles. The number of hydrogen-bond acceptors (Lipinski definition) is 5. The summed E-state index contributed by atoms with van der Waals surface area (Å²) in [5.41, 5.74) is 4.15. The average molecular weight is 369 g/mol. The van der Waals surface area contributed by atoms with Crippen LogP contribution in [0.2, 0.25) is 0 Å². The Balaban J connectivity index is 1.40. The molecule has 0 aliphatic carbocycles. The molecule has 1 aromatic carbocycles. The van der Waals surface area contributed by atoms with E-state index < -0.39 is 0 Å². The molecule has 4 rings (SSSR count). The van der Waals surface area contributed by atoms with Gasteiger partial charge in [0.25, 0.3) is 5.91 Å². The first kappa shape index (κ1) is 17.0. The number of fused-ring (bicyclic) bond motifs is 1. The lowest BCUT2D eigenvalue weighted by atomic mass is 10.1. The van der Waals surface area contributed by atoms with Crippen molar-refractivity contribution in [3.8, 4) is 0 Å². The predicted octanol–water partition coefficient (Wildman–Crippen LogP) is 3.05. The number of aromatic nitrogens is 3. The topological polar surface area (TPSA) is 63.1 Å². The zero-order chi connectivity index (χ0) is 18.3. The number of benzene rings is 1. The highest BCUT2D eigenvalue weighted by molar-refractivity contribution is 7.22. The first-order valence-corrected chi connectivity index (χ1v) is 9.75. The van der Waals surface area contributed by atoms with E-state index in [1.807, 2.05) is 7.05 Å². The van der Waals surface area contributed by atoms with Gasteiger partial charge in [0, 0.05) is 32.4 Å². The molecule has 3 heterocycles. The molecular weight excluding hydrogens is 346 g/mol. The monoisotopic (exact) mass is 369 g/mol. The summed E-state index contributed by atoms with van der Waals surface area (Å²) in [6.45, 7) is 6.08. The molecule has 1 fully saturated rings. The van der Waals surface area contributed by atoms with Gasteiger partial charge in [-0.3, -0.25) is 9.48 Å².